The molecule has 3 amide bonds. The van der Waals surface area contributed by atoms with Gasteiger partial charge in [-0.1, -0.05) is 43.9 Å². The zero-order valence-corrected chi connectivity index (χ0v) is 19.4. The summed E-state index contributed by atoms with van der Waals surface area (Å²) in [5.74, 6) is -0.364. The molecular weight excluding hydrogens is 418 g/mol. The van der Waals surface area contributed by atoms with Crippen LogP contribution in [-0.2, 0) is 15.0 Å². The molecule has 1 spiro atoms. The second kappa shape index (κ2) is 8.75. The zero-order valence-electron chi connectivity index (χ0n) is 19.4. The third-order valence-electron chi connectivity index (χ3n) is 8.72. The van der Waals surface area contributed by atoms with Crippen LogP contribution >= 0.6 is 0 Å². The number of rotatable bonds is 5. The molecule has 4 aliphatic rings. The molecule has 0 unspecified atom stereocenters. The smallest absolute Gasteiger partial charge is 0.328 e. The highest BCUT2D eigenvalue weighted by Crippen LogP contribution is 2.51. The van der Waals surface area contributed by atoms with Crippen LogP contribution in [0.4, 0.5) is 10.5 Å². The number of amides is 3. The van der Waals surface area contributed by atoms with Crippen molar-refractivity contribution in [3.05, 3.63) is 29.8 Å². The van der Waals surface area contributed by atoms with E-state index in [4.69, 9.17) is 0 Å². The Morgan fingerprint density at radius 2 is 1.64 bits per heavy atom. The van der Waals surface area contributed by atoms with E-state index in [0.717, 1.165) is 88.5 Å². The minimum absolute atomic E-state index is 0.0657. The maximum absolute atomic E-state index is 13.4. The number of para-hydroxylation sites is 1. The van der Waals surface area contributed by atoms with Crippen molar-refractivity contribution in [2.45, 2.75) is 69.6 Å². The van der Waals surface area contributed by atoms with Gasteiger partial charge >= 0.3 is 12.0 Å². The van der Waals surface area contributed by atoms with E-state index < -0.39 is 16.8 Å². The van der Waals surface area contributed by atoms with Crippen molar-refractivity contribution < 1.29 is 19.5 Å². The van der Waals surface area contributed by atoms with Crippen molar-refractivity contribution in [1.82, 2.24) is 10.2 Å². The van der Waals surface area contributed by atoms with Crippen molar-refractivity contribution in [3.8, 4) is 0 Å². The molecule has 1 saturated heterocycles. The summed E-state index contributed by atoms with van der Waals surface area (Å²) in [5, 5.41) is 12.8. The molecule has 7 heteroatoms. The highest BCUT2D eigenvalue weighted by molar-refractivity contribution is 6.22. The minimum atomic E-state index is -0.648. The number of benzene rings is 1. The molecule has 0 radical (unpaired) electrons. The van der Waals surface area contributed by atoms with Gasteiger partial charge in [0.2, 0.25) is 5.91 Å². The highest BCUT2D eigenvalue weighted by Gasteiger charge is 2.53. The number of anilines is 1. The lowest BCUT2D eigenvalue weighted by molar-refractivity contribution is -0.150. The number of carbonyl (C=O) groups excluding carboxylic acids is 2. The summed E-state index contributed by atoms with van der Waals surface area (Å²) in [6.45, 7) is 2.92. The van der Waals surface area contributed by atoms with Gasteiger partial charge in [0.15, 0.2) is 0 Å². The number of carboxylic acid groups (broad SMARTS) is 1. The molecule has 7 nitrogen and oxygen atoms in total. The lowest BCUT2D eigenvalue weighted by Gasteiger charge is -2.37. The van der Waals surface area contributed by atoms with Crippen molar-refractivity contribution in [2.24, 2.45) is 11.3 Å². The number of hydrogen-bond acceptors (Lipinski definition) is 4. The van der Waals surface area contributed by atoms with Gasteiger partial charge in [-0.3, -0.25) is 9.59 Å². The number of piperidine rings is 1. The van der Waals surface area contributed by atoms with Crippen LogP contribution in [0.2, 0.25) is 0 Å². The molecule has 0 atom stereocenters. The average molecular weight is 454 g/mol. The Kier molecular flexibility index (Phi) is 5.93. The summed E-state index contributed by atoms with van der Waals surface area (Å²) < 4.78 is 0. The van der Waals surface area contributed by atoms with Crippen LogP contribution < -0.4 is 10.2 Å². The molecule has 2 N–H and O–H groups in total. The second-order valence-corrected chi connectivity index (χ2v) is 10.6. The summed E-state index contributed by atoms with van der Waals surface area (Å²) in [6, 6.07) is 7.44. The monoisotopic (exact) mass is 453 g/mol. The third kappa shape index (κ3) is 3.84. The molecule has 3 fully saturated rings. The van der Waals surface area contributed by atoms with Crippen molar-refractivity contribution in [2.75, 3.05) is 31.1 Å². The lowest BCUT2D eigenvalue weighted by atomic mass is 9.80. The zero-order chi connectivity index (χ0) is 23.1. The van der Waals surface area contributed by atoms with Gasteiger partial charge in [0, 0.05) is 13.1 Å². The van der Waals surface area contributed by atoms with Crippen LogP contribution in [0.5, 0.6) is 0 Å². The van der Waals surface area contributed by atoms with Crippen LogP contribution in [0.25, 0.3) is 0 Å². The van der Waals surface area contributed by atoms with Gasteiger partial charge < -0.3 is 15.3 Å². The van der Waals surface area contributed by atoms with Gasteiger partial charge in [0.1, 0.15) is 0 Å². The van der Waals surface area contributed by atoms with E-state index in [0.29, 0.717) is 19.0 Å². The fourth-order valence-corrected chi connectivity index (χ4v) is 6.75. The van der Waals surface area contributed by atoms with Gasteiger partial charge in [0.25, 0.3) is 0 Å². The second-order valence-electron chi connectivity index (χ2n) is 10.6. The summed E-state index contributed by atoms with van der Waals surface area (Å²) in [6.07, 6.45) is 9.15. The number of aliphatic carboxylic acids is 1. The quantitative estimate of drug-likeness (QED) is 0.706. The Morgan fingerprint density at radius 1 is 1.00 bits per heavy atom. The van der Waals surface area contributed by atoms with Gasteiger partial charge in [-0.15, -0.1) is 0 Å². The number of nitrogens with zero attached hydrogens (tertiary/aromatic N) is 2. The predicted molar refractivity (Wildman–Crippen MR) is 125 cm³/mol. The summed E-state index contributed by atoms with van der Waals surface area (Å²) in [7, 11) is 0. The van der Waals surface area contributed by atoms with Crippen LogP contribution in [0.15, 0.2) is 24.3 Å². The largest absolute Gasteiger partial charge is 0.481 e. The first kappa shape index (κ1) is 22.4. The molecule has 2 aliphatic carbocycles. The first-order valence-electron chi connectivity index (χ1n) is 12.6. The van der Waals surface area contributed by atoms with Crippen LogP contribution in [0.1, 0.15) is 69.8 Å². The molecule has 0 bridgehead atoms. The normalized spacial score (nSPS) is 24.4. The number of carbonyl (C=O) groups is 3. The molecule has 33 heavy (non-hydrogen) atoms. The Morgan fingerprint density at radius 3 is 2.30 bits per heavy atom. The maximum Gasteiger partial charge on any atom is 0.328 e. The van der Waals surface area contributed by atoms with E-state index in [1.165, 1.54) is 4.90 Å². The molecule has 2 aliphatic heterocycles. The van der Waals surface area contributed by atoms with Crippen LogP contribution in [-0.4, -0.2) is 54.1 Å². The Balaban J connectivity index is 1.16. The number of hydrogen-bond donors (Lipinski definition) is 2. The number of fused-ring (bicyclic) bond motifs is 2. The molecule has 0 aromatic heterocycles. The van der Waals surface area contributed by atoms with Crippen molar-refractivity contribution in [3.63, 3.8) is 0 Å². The number of likely N-dealkylation sites (tertiary alicyclic amines) is 1. The molecule has 178 valence electrons. The molecule has 5 rings (SSSR count). The third-order valence-corrected chi connectivity index (χ3v) is 8.72. The van der Waals surface area contributed by atoms with E-state index in [1.54, 1.807) is 0 Å². The SMILES string of the molecule is O=C(NCC1CCN(CC2(C(=O)O)CCCC2)CC1)N1C(=O)C2(CCCC2)c2ccccc21. The van der Waals surface area contributed by atoms with Crippen molar-refractivity contribution >= 4 is 23.6 Å². The Bertz CT molecular complexity index is 925. The Labute approximate surface area is 195 Å². The number of nitrogens with one attached hydrogen (secondary N) is 1. The number of carboxylic acids is 1. The minimum Gasteiger partial charge on any atom is -0.481 e. The van der Waals surface area contributed by atoms with Crippen LogP contribution in [0, 0.1) is 11.3 Å². The first-order valence-corrected chi connectivity index (χ1v) is 12.6. The standard InChI is InChI=1S/C26H35N3O4/c30-22-26(13-5-6-14-26)20-7-1-2-8-21(20)29(22)24(33)27-17-19-9-15-28(16-10-19)18-25(23(31)32)11-3-4-12-25/h1-2,7-8,19H,3-6,9-18H2,(H,27,33)(H,31,32). The maximum atomic E-state index is 13.4. The van der Waals surface area contributed by atoms with E-state index in [2.05, 4.69) is 10.2 Å². The van der Waals surface area contributed by atoms with Gasteiger partial charge in [-0.2, -0.15) is 0 Å². The number of imide groups is 1. The molecule has 1 aromatic carbocycles. The van der Waals surface area contributed by atoms with E-state index >= 15 is 0 Å². The van der Waals surface area contributed by atoms with E-state index in [9.17, 15) is 19.5 Å². The van der Waals surface area contributed by atoms with Gasteiger partial charge in [0.05, 0.1) is 16.5 Å². The fourth-order valence-electron chi connectivity index (χ4n) is 6.75. The highest BCUT2D eigenvalue weighted by atomic mass is 16.4. The molecule has 2 saturated carbocycles. The lowest BCUT2D eigenvalue weighted by Crippen LogP contribution is -2.49. The van der Waals surface area contributed by atoms with Gasteiger partial charge in [-0.25, -0.2) is 9.69 Å². The summed E-state index contributed by atoms with van der Waals surface area (Å²) >= 11 is 0. The molecule has 1 aromatic rings. The van der Waals surface area contributed by atoms with E-state index in [-0.39, 0.29) is 11.9 Å². The molecule has 2 heterocycles. The summed E-state index contributed by atoms with van der Waals surface area (Å²) in [4.78, 5) is 42.1. The van der Waals surface area contributed by atoms with Gasteiger partial charge in [-0.05, 0) is 69.2 Å². The average Bonchev–Trinajstić information content (AvgIpc) is 3.55. The molecular formula is C26H35N3O4. The van der Waals surface area contributed by atoms with Crippen molar-refractivity contribution in [1.29, 1.82) is 0 Å². The number of urea groups is 1. The Hall–Kier alpha value is -2.41. The fraction of sp³-hybridized carbons (Fsp3) is 0.654. The van der Waals surface area contributed by atoms with Crippen LogP contribution in [0.3, 0.4) is 0 Å². The topological polar surface area (TPSA) is 89.9 Å². The van der Waals surface area contributed by atoms with E-state index in [1.807, 2.05) is 24.3 Å². The predicted octanol–water partition coefficient (Wildman–Crippen LogP) is 3.91. The summed E-state index contributed by atoms with van der Waals surface area (Å²) in [5.41, 5.74) is 0.669. The first-order chi connectivity index (χ1) is 16.0.